The molecule has 0 fully saturated rings. The summed E-state index contributed by atoms with van der Waals surface area (Å²) in [5.74, 6) is 0.348. The van der Waals surface area contributed by atoms with Crippen LogP contribution in [0.1, 0.15) is 16.1 Å². The number of esters is 1. The van der Waals surface area contributed by atoms with Gasteiger partial charge in [0.2, 0.25) is 5.88 Å². The van der Waals surface area contributed by atoms with E-state index < -0.39 is 5.97 Å². The third-order valence-electron chi connectivity index (χ3n) is 3.06. The van der Waals surface area contributed by atoms with Crippen LogP contribution in [0.15, 0.2) is 67.0 Å². The molecule has 2 aromatic heterocycles. The normalized spacial score (nSPS) is 10.2. The van der Waals surface area contributed by atoms with Gasteiger partial charge in [-0.15, -0.1) is 0 Å². The fourth-order valence-corrected chi connectivity index (χ4v) is 2.04. The number of carbonyl (C=O) groups excluding carboxylic acids is 1. The van der Waals surface area contributed by atoms with Gasteiger partial charge in [0.1, 0.15) is 12.4 Å². The highest BCUT2D eigenvalue weighted by Crippen LogP contribution is 2.21. The van der Waals surface area contributed by atoms with E-state index in [0.717, 1.165) is 5.56 Å². The number of hydrogen-bond donors (Lipinski definition) is 0. The average molecular weight is 341 g/mol. The van der Waals surface area contributed by atoms with E-state index in [2.05, 4.69) is 9.97 Å². The highest BCUT2D eigenvalue weighted by atomic mass is 35.5. The molecule has 3 aromatic rings. The number of nitrogens with zero attached hydrogens (tertiary/aromatic N) is 2. The van der Waals surface area contributed by atoms with Gasteiger partial charge in [0.05, 0.1) is 0 Å². The van der Waals surface area contributed by atoms with Crippen LogP contribution in [0.3, 0.4) is 0 Å². The summed E-state index contributed by atoms with van der Waals surface area (Å²) in [6.07, 6.45) is 3.30. The molecular weight excluding hydrogens is 328 g/mol. The number of aromatic nitrogens is 2. The van der Waals surface area contributed by atoms with E-state index in [9.17, 15) is 4.79 Å². The summed E-state index contributed by atoms with van der Waals surface area (Å²) in [6, 6.07) is 15.4. The zero-order valence-corrected chi connectivity index (χ0v) is 13.3. The Balaban J connectivity index is 1.65. The van der Waals surface area contributed by atoms with E-state index in [1.54, 1.807) is 60.9 Å². The second-order valence-electron chi connectivity index (χ2n) is 4.85. The van der Waals surface area contributed by atoms with Crippen molar-refractivity contribution in [2.24, 2.45) is 0 Å². The van der Waals surface area contributed by atoms with Crippen molar-refractivity contribution < 1.29 is 14.3 Å². The van der Waals surface area contributed by atoms with Crippen LogP contribution in [0.2, 0.25) is 5.02 Å². The lowest BCUT2D eigenvalue weighted by Crippen LogP contribution is -2.08. The minimum absolute atomic E-state index is 0.136. The maximum atomic E-state index is 12.1. The predicted octanol–water partition coefficient (Wildman–Crippen LogP) is 4.28. The SMILES string of the molecule is O=C(OCc1cccnc1)c1cccc(Oc2ccc(Cl)cc2)n1. The van der Waals surface area contributed by atoms with Crippen molar-refractivity contribution in [3.8, 4) is 11.6 Å². The smallest absolute Gasteiger partial charge is 0.357 e. The number of benzene rings is 1. The van der Waals surface area contributed by atoms with Crippen molar-refractivity contribution in [2.45, 2.75) is 6.61 Å². The summed E-state index contributed by atoms with van der Waals surface area (Å²) < 4.78 is 10.8. The van der Waals surface area contributed by atoms with E-state index in [0.29, 0.717) is 16.7 Å². The zero-order chi connectivity index (χ0) is 16.8. The molecule has 0 saturated heterocycles. The molecule has 0 spiro atoms. The molecule has 0 aliphatic heterocycles. The van der Waals surface area contributed by atoms with Crippen LogP contribution in [0.4, 0.5) is 0 Å². The monoisotopic (exact) mass is 340 g/mol. The van der Waals surface area contributed by atoms with Crippen LogP contribution in [0.5, 0.6) is 11.6 Å². The Morgan fingerprint density at radius 1 is 1.04 bits per heavy atom. The Morgan fingerprint density at radius 3 is 2.62 bits per heavy atom. The van der Waals surface area contributed by atoms with Gasteiger partial charge >= 0.3 is 5.97 Å². The lowest BCUT2D eigenvalue weighted by molar-refractivity contribution is 0.0464. The van der Waals surface area contributed by atoms with E-state index in [1.807, 2.05) is 6.07 Å². The van der Waals surface area contributed by atoms with Crippen LogP contribution in [0.25, 0.3) is 0 Å². The van der Waals surface area contributed by atoms with Crippen molar-refractivity contribution in [2.75, 3.05) is 0 Å². The molecule has 2 heterocycles. The number of pyridine rings is 2. The van der Waals surface area contributed by atoms with Crippen LogP contribution >= 0.6 is 11.6 Å². The summed E-state index contributed by atoms with van der Waals surface area (Å²) in [5, 5.41) is 0.614. The summed E-state index contributed by atoms with van der Waals surface area (Å²) >= 11 is 5.83. The van der Waals surface area contributed by atoms with Crippen molar-refractivity contribution in [1.29, 1.82) is 0 Å². The molecule has 6 heteroatoms. The number of ether oxygens (including phenoxy) is 2. The van der Waals surface area contributed by atoms with Gasteiger partial charge in [0.15, 0.2) is 5.69 Å². The van der Waals surface area contributed by atoms with Gasteiger partial charge in [-0.2, -0.15) is 0 Å². The third-order valence-corrected chi connectivity index (χ3v) is 3.31. The van der Waals surface area contributed by atoms with Crippen LogP contribution in [-0.2, 0) is 11.3 Å². The van der Waals surface area contributed by atoms with Gasteiger partial charge < -0.3 is 9.47 Å². The van der Waals surface area contributed by atoms with Crippen molar-refractivity contribution in [3.05, 3.63) is 83.3 Å². The van der Waals surface area contributed by atoms with Gasteiger partial charge in [-0.05, 0) is 36.4 Å². The topological polar surface area (TPSA) is 61.3 Å². The maximum absolute atomic E-state index is 12.1. The molecule has 0 saturated carbocycles. The quantitative estimate of drug-likeness (QED) is 0.649. The molecule has 0 aliphatic carbocycles. The number of rotatable bonds is 5. The fraction of sp³-hybridized carbons (Fsp3) is 0.0556. The average Bonchev–Trinajstić information content (AvgIpc) is 2.63. The van der Waals surface area contributed by atoms with Crippen LogP contribution in [0, 0.1) is 0 Å². The first kappa shape index (κ1) is 16.0. The Hall–Kier alpha value is -2.92. The first-order valence-electron chi connectivity index (χ1n) is 7.17. The molecule has 5 nitrogen and oxygen atoms in total. The van der Waals surface area contributed by atoms with E-state index >= 15 is 0 Å². The molecule has 3 rings (SSSR count). The predicted molar refractivity (Wildman–Crippen MR) is 89.1 cm³/mol. The van der Waals surface area contributed by atoms with Crippen molar-refractivity contribution in [1.82, 2.24) is 9.97 Å². The van der Waals surface area contributed by atoms with Gasteiger partial charge in [0.25, 0.3) is 0 Å². The minimum atomic E-state index is -0.527. The Kier molecular flexibility index (Phi) is 5.03. The molecule has 0 bridgehead atoms. The standard InChI is InChI=1S/C18H13ClN2O3/c19-14-6-8-15(9-7-14)24-17-5-1-4-16(21-17)18(22)23-12-13-3-2-10-20-11-13/h1-11H,12H2. The Bertz CT molecular complexity index is 823. The molecule has 0 aliphatic rings. The van der Waals surface area contributed by atoms with E-state index in [4.69, 9.17) is 21.1 Å². The maximum Gasteiger partial charge on any atom is 0.357 e. The molecule has 0 unspecified atom stereocenters. The second kappa shape index (κ2) is 7.57. The Labute approximate surface area is 143 Å². The second-order valence-corrected chi connectivity index (χ2v) is 5.29. The third kappa shape index (κ3) is 4.30. The summed E-state index contributed by atoms with van der Waals surface area (Å²) in [5.41, 5.74) is 0.977. The largest absolute Gasteiger partial charge is 0.456 e. The zero-order valence-electron chi connectivity index (χ0n) is 12.6. The number of hydrogen-bond acceptors (Lipinski definition) is 5. The fourth-order valence-electron chi connectivity index (χ4n) is 1.92. The first-order chi connectivity index (χ1) is 11.7. The first-order valence-corrected chi connectivity index (χ1v) is 7.55. The van der Waals surface area contributed by atoms with Crippen molar-refractivity contribution in [3.63, 3.8) is 0 Å². The highest BCUT2D eigenvalue weighted by molar-refractivity contribution is 6.30. The molecule has 24 heavy (non-hydrogen) atoms. The summed E-state index contributed by atoms with van der Waals surface area (Å²) in [6.45, 7) is 0.136. The molecular formula is C18H13ClN2O3. The van der Waals surface area contributed by atoms with Gasteiger partial charge in [-0.1, -0.05) is 23.7 Å². The molecule has 1 aromatic carbocycles. The summed E-state index contributed by atoms with van der Waals surface area (Å²) in [7, 11) is 0. The van der Waals surface area contributed by atoms with E-state index in [1.165, 1.54) is 0 Å². The van der Waals surface area contributed by atoms with Gasteiger partial charge in [-0.25, -0.2) is 9.78 Å². The highest BCUT2D eigenvalue weighted by Gasteiger charge is 2.11. The molecule has 0 radical (unpaired) electrons. The Morgan fingerprint density at radius 2 is 1.88 bits per heavy atom. The number of carbonyl (C=O) groups is 1. The lowest BCUT2D eigenvalue weighted by atomic mass is 10.3. The molecule has 0 amide bonds. The summed E-state index contributed by atoms with van der Waals surface area (Å²) in [4.78, 5) is 20.2. The van der Waals surface area contributed by atoms with Crippen LogP contribution < -0.4 is 4.74 Å². The lowest BCUT2D eigenvalue weighted by Gasteiger charge is -2.07. The molecule has 120 valence electrons. The van der Waals surface area contributed by atoms with Crippen LogP contribution in [-0.4, -0.2) is 15.9 Å². The van der Waals surface area contributed by atoms with Gasteiger partial charge in [0, 0.05) is 29.0 Å². The minimum Gasteiger partial charge on any atom is -0.456 e. The van der Waals surface area contributed by atoms with Gasteiger partial charge in [-0.3, -0.25) is 4.98 Å². The molecule has 0 N–H and O–H groups in total. The van der Waals surface area contributed by atoms with Crippen molar-refractivity contribution >= 4 is 17.6 Å². The number of halogens is 1. The molecule has 0 atom stereocenters. The van der Waals surface area contributed by atoms with E-state index in [-0.39, 0.29) is 12.3 Å².